The highest BCUT2D eigenvalue weighted by molar-refractivity contribution is 5.98. The maximum atomic E-state index is 12.4. The summed E-state index contributed by atoms with van der Waals surface area (Å²) in [6.07, 6.45) is 0.554. The van der Waals surface area contributed by atoms with Crippen LogP contribution in [-0.4, -0.2) is 42.5 Å². The standard InChI is InChI=1S/C17H27N3O/c1-13(2)19(14(3)4)11-12-20-16-8-6-5-7-15(16)18-10-9-17(20)21/h5-8,13-14,18H,9-12H2,1-4H3. The maximum Gasteiger partial charge on any atom is 0.228 e. The Morgan fingerprint density at radius 1 is 1.19 bits per heavy atom. The van der Waals surface area contributed by atoms with E-state index < -0.39 is 0 Å². The van der Waals surface area contributed by atoms with E-state index in [0.29, 0.717) is 25.0 Å². The van der Waals surface area contributed by atoms with Gasteiger partial charge in [0.05, 0.1) is 11.4 Å². The number of fused-ring (bicyclic) bond motifs is 1. The van der Waals surface area contributed by atoms with Crippen LogP contribution in [0.2, 0.25) is 0 Å². The number of carbonyl (C=O) groups excluding carboxylic acids is 1. The third-order valence-corrected chi connectivity index (χ3v) is 4.06. The average molecular weight is 289 g/mol. The Hall–Kier alpha value is -1.55. The minimum atomic E-state index is 0.208. The lowest BCUT2D eigenvalue weighted by molar-refractivity contribution is -0.118. The van der Waals surface area contributed by atoms with Crippen LogP contribution in [0.25, 0.3) is 0 Å². The first-order valence-electron chi connectivity index (χ1n) is 7.89. The fraction of sp³-hybridized carbons (Fsp3) is 0.588. The second-order valence-corrected chi connectivity index (χ2v) is 6.16. The van der Waals surface area contributed by atoms with Crippen LogP contribution in [0.4, 0.5) is 11.4 Å². The van der Waals surface area contributed by atoms with Gasteiger partial charge in [-0.1, -0.05) is 12.1 Å². The molecule has 0 saturated carbocycles. The van der Waals surface area contributed by atoms with E-state index in [1.54, 1.807) is 0 Å². The first-order valence-corrected chi connectivity index (χ1v) is 7.89. The molecule has 0 unspecified atom stereocenters. The van der Waals surface area contributed by atoms with Gasteiger partial charge in [0.15, 0.2) is 0 Å². The number of para-hydroxylation sites is 2. The van der Waals surface area contributed by atoms with Crippen LogP contribution < -0.4 is 10.2 Å². The van der Waals surface area contributed by atoms with Gasteiger partial charge in [-0.25, -0.2) is 0 Å². The third kappa shape index (κ3) is 3.76. The molecule has 4 heteroatoms. The Kier molecular flexibility index (Phi) is 5.23. The summed E-state index contributed by atoms with van der Waals surface area (Å²) < 4.78 is 0. The fourth-order valence-electron chi connectivity index (χ4n) is 3.01. The van der Waals surface area contributed by atoms with E-state index in [1.807, 2.05) is 29.2 Å². The predicted molar refractivity (Wildman–Crippen MR) is 88.9 cm³/mol. The van der Waals surface area contributed by atoms with Crippen LogP contribution in [0.1, 0.15) is 34.1 Å². The van der Waals surface area contributed by atoms with Crippen molar-refractivity contribution >= 4 is 17.3 Å². The molecule has 1 aromatic carbocycles. The van der Waals surface area contributed by atoms with Crippen molar-refractivity contribution in [2.45, 2.75) is 46.2 Å². The summed E-state index contributed by atoms with van der Waals surface area (Å²) in [5, 5.41) is 3.34. The van der Waals surface area contributed by atoms with Gasteiger partial charge in [0, 0.05) is 38.1 Å². The van der Waals surface area contributed by atoms with Gasteiger partial charge >= 0.3 is 0 Å². The van der Waals surface area contributed by atoms with Gasteiger partial charge in [0.25, 0.3) is 0 Å². The summed E-state index contributed by atoms with van der Waals surface area (Å²) in [4.78, 5) is 16.8. The number of hydrogen-bond donors (Lipinski definition) is 1. The molecule has 0 radical (unpaired) electrons. The molecule has 1 amide bonds. The van der Waals surface area contributed by atoms with Crippen molar-refractivity contribution in [3.8, 4) is 0 Å². The van der Waals surface area contributed by atoms with Crippen molar-refractivity contribution in [2.24, 2.45) is 0 Å². The van der Waals surface area contributed by atoms with Crippen molar-refractivity contribution in [2.75, 3.05) is 29.9 Å². The molecule has 2 rings (SSSR count). The summed E-state index contributed by atoms with van der Waals surface area (Å²) in [5.74, 6) is 0.208. The van der Waals surface area contributed by atoms with E-state index in [4.69, 9.17) is 0 Å². The molecule has 0 aromatic heterocycles. The van der Waals surface area contributed by atoms with Gasteiger partial charge in [-0.05, 0) is 39.8 Å². The van der Waals surface area contributed by atoms with Gasteiger partial charge in [-0.3, -0.25) is 9.69 Å². The first-order chi connectivity index (χ1) is 10.0. The Labute approximate surface area is 128 Å². The van der Waals surface area contributed by atoms with Gasteiger partial charge < -0.3 is 10.2 Å². The zero-order valence-corrected chi connectivity index (χ0v) is 13.6. The molecule has 116 valence electrons. The lowest BCUT2D eigenvalue weighted by atomic mass is 10.2. The topological polar surface area (TPSA) is 35.6 Å². The molecule has 4 nitrogen and oxygen atoms in total. The maximum absolute atomic E-state index is 12.4. The molecule has 0 saturated heterocycles. The number of carbonyl (C=O) groups is 1. The van der Waals surface area contributed by atoms with E-state index in [-0.39, 0.29) is 5.91 Å². The summed E-state index contributed by atoms with van der Waals surface area (Å²) >= 11 is 0. The zero-order chi connectivity index (χ0) is 15.4. The third-order valence-electron chi connectivity index (χ3n) is 4.06. The molecule has 1 aliphatic rings. The number of rotatable bonds is 5. The van der Waals surface area contributed by atoms with Crippen LogP contribution in [-0.2, 0) is 4.79 Å². The van der Waals surface area contributed by atoms with Crippen LogP contribution in [0.3, 0.4) is 0 Å². The summed E-state index contributed by atoms with van der Waals surface area (Å²) in [6.45, 7) is 11.2. The van der Waals surface area contributed by atoms with Crippen LogP contribution in [0, 0.1) is 0 Å². The minimum absolute atomic E-state index is 0.208. The summed E-state index contributed by atoms with van der Waals surface area (Å²) in [5.41, 5.74) is 2.07. The monoisotopic (exact) mass is 289 g/mol. The SMILES string of the molecule is CC(C)N(CCN1C(=O)CCNc2ccccc21)C(C)C. The lowest BCUT2D eigenvalue weighted by Crippen LogP contribution is -2.44. The van der Waals surface area contributed by atoms with Crippen molar-refractivity contribution in [3.63, 3.8) is 0 Å². The molecule has 0 fully saturated rings. The van der Waals surface area contributed by atoms with Crippen molar-refractivity contribution in [1.82, 2.24) is 4.90 Å². The second kappa shape index (κ2) is 6.94. The number of anilines is 2. The smallest absolute Gasteiger partial charge is 0.228 e. The number of hydrogen-bond acceptors (Lipinski definition) is 3. The molecule has 1 aromatic rings. The number of benzene rings is 1. The van der Waals surface area contributed by atoms with E-state index in [0.717, 1.165) is 24.5 Å². The van der Waals surface area contributed by atoms with Gasteiger partial charge in [-0.15, -0.1) is 0 Å². The van der Waals surface area contributed by atoms with E-state index >= 15 is 0 Å². The molecular weight excluding hydrogens is 262 g/mol. The Bertz CT molecular complexity index is 477. The minimum Gasteiger partial charge on any atom is -0.383 e. The zero-order valence-electron chi connectivity index (χ0n) is 13.6. The Balaban J connectivity index is 2.15. The fourth-order valence-corrected chi connectivity index (χ4v) is 3.01. The van der Waals surface area contributed by atoms with Crippen molar-refractivity contribution in [3.05, 3.63) is 24.3 Å². The van der Waals surface area contributed by atoms with Gasteiger partial charge in [-0.2, -0.15) is 0 Å². The van der Waals surface area contributed by atoms with Crippen LogP contribution in [0.5, 0.6) is 0 Å². The van der Waals surface area contributed by atoms with E-state index in [9.17, 15) is 4.79 Å². The average Bonchev–Trinajstić information content (AvgIpc) is 2.58. The van der Waals surface area contributed by atoms with Crippen LogP contribution >= 0.6 is 0 Å². The van der Waals surface area contributed by atoms with Gasteiger partial charge in [0.1, 0.15) is 0 Å². The molecule has 0 bridgehead atoms. The van der Waals surface area contributed by atoms with Crippen LogP contribution in [0.15, 0.2) is 24.3 Å². The lowest BCUT2D eigenvalue weighted by Gasteiger charge is -2.33. The predicted octanol–water partition coefficient (Wildman–Crippen LogP) is 2.95. The van der Waals surface area contributed by atoms with Crippen molar-refractivity contribution in [1.29, 1.82) is 0 Å². The normalized spacial score (nSPS) is 15.4. The summed E-state index contributed by atoms with van der Waals surface area (Å²) in [6, 6.07) is 9.05. The van der Waals surface area contributed by atoms with E-state index in [2.05, 4.69) is 37.9 Å². The quantitative estimate of drug-likeness (QED) is 0.905. The number of nitrogens with one attached hydrogen (secondary N) is 1. The highest BCUT2D eigenvalue weighted by Crippen LogP contribution is 2.28. The van der Waals surface area contributed by atoms with Crippen molar-refractivity contribution < 1.29 is 4.79 Å². The molecule has 21 heavy (non-hydrogen) atoms. The Morgan fingerprint density at radius 3 is 2.52 bits per heavy atom. The number of amides is 1. The largest absolute Gasteiger partial charge is 0.383 e. The molecule has 1 N–H and O–H groups in total. The highest BCUT2D eigenvalue weighted by atomic mass is 16.2. The van der Waals surface area contributed by atoms with E-state index in [1.165, 1.54) is 0 Å². The molecule has 1 aliphatic heterocycles. The second-order valence-electron chi connectivity index (χ2n) is 6.16. The molecular formula is C17H27N3O. The molecule has 0 aliphatic carbocycles. The molecule has 0 atom stereocenters. The first kappa shape index (κ1) is 15.8. The Morgan fingerprint density at radius 2 is 1.86 bits per heavy atom. The molecule has 0 spiro atoms. The molecule has 1 heterocycles. The highest BCUT2D eigenvalue weighted by Gasteiger charge is 2.23. The summed E-state index contributed by atoms with van der Waals surface area (Å²) in [7, 11) is 0. The number of nitrogens with zero attached hydrogens (tertiary/aromatic N) is 2. The van der Waals surface area contributed by atoms with Gasteiger partial charge in [0.2, 0.25) is 5.91 Å².